The maximum Gasteiger partial charge on any atom is 0.229 e. The van der Waals surface area contributed by atoms with Crippen LogP contribution in [0, 0.1) is 18.3 Å². The van der Waals surface area contributed by atoms with E-state index in [1.807, 2.05) is 49.4 Å². The lowest BCUT2D eigenvalue weighted by atomic mass is 9.83. The highest BCUT2D eigenvalue weighted by molar-refractivity contribution is 6.30. The summed E-state index contributed by atoms with van der Waals surface area (Å²) in [5, 5.41) is 17.4. The first-order valence-electron chi connectivity index (χ1n) is 10.5. The summed E-state index contributed by atoms with van der Waals surface area (Å²) in [7, 11) is 3.08. The number of nitrogens with zero attached hydrogens (tertiary/aromatic N) is 3. The van der Waals surface area contributed by atoms with E-state index in [9.17, 15) is 5.26 Å². The highest BCUT2D eigenvalue weighted by Gasteiger charge is 2.38. The van der Waals surface area contributed by atoms with Gasteiger partial charge in [-0.05, 0) is 35.9 Å². The van der Waals surface area contributed by atoms with Crippen LogP contribution in [-0.4, -0.2) is 24.0 Å². The predicted molar refractivity (Wildman–Crippen MR) is 130 cm³/mol. The lowest BCUT2D eigenvalue weighted by Crippen LogP contribution is -2.22. The predicted octanol–water partition coefficient (Wildman–Crippen LogP) is 5.22. The van der Waals surface area contributed by atoms with Gasteiger partial charge in [0.15, 0.2) is 11.5 Å². The van der Waals surface area contributed by atoms with Gasteiger partial charge in [-0.3, -0.25) is 0 Å². The molecule has 170 valence electrons. The molecule has 1 aromatic heterocycles. The van der Waals surface area contributed by atoms with Crippen LogP contribution in [0.3, 0.4) is 0 Å². The Balaban J connectivity index is 1.77. The molecule has 0 radical (unpaired) electrons. The molecule has 0 amide bonds. The van der Waals surface area contributed by atoms with Crippen LogP contribution < -0.4 is 19.9 Å². The second-order valence-corrected chi connectivity index (χ2v) is 8.34. The summed E-state index contributed by atoms with van der Waals surface area (Å²) < 4.78 is 18.9. The van der Waals surface area contributed by atoms with Crippen LogP contribution >= 0.6 is 11.6 Å². The van der Waals surface area contributed by atoms with Gasteiger partial charge in [-0.1, -0.05) is 41.9 Å². The molecule has 1 aliphatic rings. The second-order valence-electron chi connectivity index (χ2n) is 7.90. The highest BCUT2D eigenvalue weighted by atomic mass is 35.5. The van der Waals surface area contributed by atoms with Crippen LogP contribution in [0.1, 0.15) is 22.7 Å². The summed E-state index contributed by atoms with van der Waals surface area (Å²) in [6.07, 6.45) is 0. The van der Waals surface area contributed by atoms with Gasteiger partial charge in [-0.15, -0.1) is 0 Å². The van der Waals surface area contributed by atoms with E-state index in [1.165, 1.54) is 7.11 Å². The zero-order valence-electron chi connectivity index (χ0n) is 18.8. The molecule has 2 N–H and O–H groups in total. The van der Waals surface area contributed by atoms with Crippen LogP contribution in [-0.2, 0) is 0 Å². The number of nitrogens with two attached hydrogens (primary N) is 1. The molecule has 0 unspecified atom stereocenters. The minimum atomic E-state index is -0.606. The number of aryl methyl sites for hydroxylation is 1. The van der Waals surface area contributed by atoms with Crippen molar-refractivity contribution in [3.05, 3.63) is 87.9 Å². The van der Waals surface area contributed by atoms with Gasteiger partial charge in [0.05, 0.1) is 37.1 Å². The van der Waals surface area contributed by atoms with Gasteiger partial charge in [0.2, 0.25) is 11.8 Å². The van der Waals surface area contributed by atoms with Crippen molar-refractivity contribution in [2.75, 3.05) is 14.2 Å². The Morgan fingerprint density at radius 2 is 1.85 bits per heavy atom. The Morgan fingerprint density at radius 1 is 1.09 bits per heavy atom. The van der Waals surface area contributed by atoms with Crippen molar-refractivity contribution in [2.24, 2.45) is 5.73 Å². The van der Waals surface area contributed by atoms with Crippen molar-refractivity contribution in [3.8, 4) is 29.1 Å². The van der Waals surface area contributed by atoms with Gasteiger partial charge >= 0.3 is 0 Å². The Morgan fingerprint density at radius 3 is 2.56 bits per heavy atom. The fourth-order valence-corrected chi connectivity index (χ4v) is 4.70. The third kappa shape index (κ3) is 3.31. The monoisotopic (exact) mass is 472 g/mol. The molecule has 0 saturated carbocycles. The molecule has 0 aliphatic carbocycles. The smallest absolute Gasteiger partial charge is 0.229 e. The number of nitriles is 1. The van der Waals surface area contributed by atoms with Crippen molar-refractivity contribution in [3.63, 3.8) is 0 Å². The molecular formula is C26H21ClN4O3. The van der Waals surface area contributed by atoms with Crippen LogP contribution in [0.4, 0.5) is 0 Å². The summed E-state index contributed by atoms with van der Waals surface area (Å²) in [6.45, 7) is 1.87. The van der Waals surface area contributed by atoms with E-state index in [2.05, 4.69) is 6.07 Å². The first-order chi connectivity index (χ1) is 16.5. The zero-order chi connectivity index (χ0) is 24.0. The van der Waals surface area contributed by atoms with Crippen molar-refractivity contribution >= 4 is 22.4 Å². The maximum absolute atomic E-state index is 10.0. The molecule has 7 nitrogen and oxygen atoms in total. The van der Waals surface area contributed by atoms with Gasteiger partial charge < -0.3 is 19.9 Å². The maximum atomic E-state index is 10.0. The number of aromatic nitrogens is 2. The van der Waals surface area contributed by atoms with Gasteiger partial charge in [-0.25, -0.2) is 4.68 Å². The minimum absolute atomic E-state index is 0.00272. The van der Waals surface area contributed by atoms with Crippen LogP contribution in [0.2, 0.25) is 5.02 Å². The molecule has 5 rings (SSSR count). The van der Waals surface area contributed by atoms with Gasteiger partial charge in [-0.2, -0.15) is 10.4 Å². The third-order valence-electron chi connectivity index (χ3n) is 5.99. The number of hydrogen-bond acceptors (Lipinski definition) is 6. The normalized spacial score (nSPS) is 15.0. The molecule has 0 fully saturated rings. The van der Waals surface area contributed by atoms with Gasteiger partial charge in [0.25, 0.3) is 0 Å². The third-order valence-corrected chi connectivity index (χ3v) is 6.21. The second kappa shape index (κ2) is 8.32. The molecule has 0 saturated heterocycles. The zero-order valence-corrected chi connectivity index (χ0v) is 19.6. The number of halogens is 1. The molecule has 1 aliphatic heterocycles. The molecular weight excluding hydrogens is 452 g/mol. The Bertz CT molecular complexity index is 1520. The van der Waals surface area contributed by atoms with E-state index >= 15 is 0 Å². The molecule has 0 spiro atoms. The number of benzene rings is 3. The summed E-state index contributed by atoms with van der Waals surface area (Å²) in [5.74, 6) is 0.750. The summed E-state index contributed by atoms with van der Waals surface area (Å²) >= 11 is 6.41. The Labute approximate surface area is 201 Å². The summed E-state index contributed by atoms with van der Waals surface area (Å²) in [5.41, 5.74) is 9.36. The molecule has 3 aromatic carbocycles. The lowest BCUT2D eigenvalue weighted by molar-refractivity contribution is 0.346. The van der Waals surface area contributed by atoms with E-state index in [4.69, 9.17) is 36.6 Å². The number of rotatable bonds is 4. The molecule has 2 heterocycles. The van der Waals surface area contributed by atoms with Gasteiger partial charge in [0, 0.05) is 16.7 Å². The van der Waals surface area contributed by atoms with E-state index in [0.717, 1.165) is 16.5 Å². The summed E-state index contributed by atoms with van der Waals surface area (Å²) in [4.78, 5) is 0. The quantitative estimate of drug-likeness (QED) is 0.437. The standard InChI is InChI=1S/C26H21ClN4O3/c1-14-22-23(19-11-17(27)12-21(32-2)24(19)33-3)20(13-28)25(29)34-26(22)31(30-14)18-9-8-15-6-4-5-7-16(15)10-18/h4-12,23H,29H2,1-3H3/t23-/m0/s1. The van der Waals surface area contributed by atoms with E-state index in [1.54, 1.807) is 23.9 Å². The largest absolute Gasteiger partial charge is 0.493 e. The van der Waals surface area contributed by atoms with Crippen molar-refractivity contribution in [1.29, 1.82) is 5.26 Å². The van der Waals surface area contributed by atoms with E-state index in [-0.39, 0.29) is 11.5 Å². The van der Waals surface area contributed by atoms with Gasteiger partial charge in [0.1, 0.15) is 11.6 Å². The summed E-state index contributed by atoms with van der Waals surface area (Å²) in [6, 6.07) is 19.7. The van der Waals surface area contributed by atoms with Crippen molar-refractivity contribution in [1.82, 2.24) is 9.78 Å². The van der Waals surface area contributed by atoms with Crippen molar-refractivity contribution in [2.45, 2.75) is 12.8 Å². The average Bonchev–Trinajstić information content (AvgIpc) is 3.17. The van der Waals surface area contributed by atoms with E-state index in [0.29, 0.717) is 39.2 Å². The van der Waals surface area contributed by atoms with E-state index < -0.39 is 5.92 Å². The average molecular weight is 473 g/mol. The molecule has 1 atom stereocenters. The number of fused-ring (bicyclic) bond motifs is 2. The first-order valence-corrected chi connectivity index (χ1v) is 10.9. The number of allylic oxidation sites excluding steroid dienone is 1. The fraction of sp³-hybridized carbons (Fsp3) is 0.154. The molecule has 4 aromatic rings. The number of hydrogen-bond donors (Lipinski definition) is 1. The Kier molecular flexibility index (Phi) is 5.31. The number of methoxy groups -OCH3 is 2. The van der Waals surface area contributed by atoms with Crippen LogP contribution in [0.15, 0.2) is 66.1 Å². The topological polar surface area (TPSA) is 95.3 Å². The Hall–Kier alpha value is -4.15. The fourth-order valence-electron chi connectivity index (χ4n) is 4.48. The van der Waals surface area contributed by atoms with Crippen molar-refractivity contribution < 1.29 is 14.2 Å². The minimum Gasteiger partial charge on any atom is -0.493 e. The SMILES string of the molecule is COc1cc(Cl)cc([C@H]2C(C#N)=C(N)Oc3c2c(C)nn3-c2ccc3ccccc3c2)c1OC. The molecule has 8 heteroatoms. The molecule has 34 heavy (non-hydrogen) atoms. The molecule has 0 bridgehead atoms. The first kappa shape index (κ1) is 21.7. The van der Waals surface area contributed by atoms with Crippen LogP contribution in [0.5, 0.6) is 17.4 Å². The van der Waals surface area contributed by atoms with Crippen LogP contribution in [0.25, 0.3) is 16.5 Å². The lowest BCUT2D eigenvalue weighted by Gasteiger charge is -2.26. The highest BCUT2D eigenvalue weighted by Crippen LogP contribution is 2.49. The number of ether oxygens (including phenoxy) is 3.